The Morgan fingerprint density at radius 3 is 3.04 bits per heavy atom. The predicted molar refractivity (Wildman–Crippen MR) is 97.5 cm³/mol. The van der Waals surface area contributed by atoms with Crippen LogP contribution in [-0.2, 0) is 16.0 Å². The summed E-state index contributed by atoms with van der Waals surface area (Å²) >= 11 is 1.67. The normalized spacial score (nSPS) is 18.5. The highest BCUT2D eigenvalue weighted by Gasteiger charge is 2.28. The van der Waals surface area contributed by atoms with Gasteiger partial charge in [-0.15, -0.1) is 11.3 Å². The smallest absolute Gasteiger partial charge is 0.310 e. The number of ether oxygens (including phenoxy) is 1. The highest BCUT2D eigenvalue weighted by molar-refractivity contribution is 7.09. The first-order valence-corrected chi connectivity index (χ1v) is 9.62. The molecule has 1 aromatic heterocycles. The molecular formula is C17H28N4O2S. The molecule has 0 amide bonds. The third-order valence-electron chi connectivity index (χ3n) is 3.97. The topological polar surface area (TPSA) is 66.8 Å². The number of esters is 1. The van der Waals surface area contributed by atoms with Crippen LogP contribution in [0.5, 0.6) is 0 Å². The molecule has 1 aliphatic heterocycles. The van der Waals surface area contributed by atoms with Gasteiger partial charge in [-0.3, -0.25) is 9.79 Å². The van der Waals surface area contributed by atoms with Gasteiger partial charge in [-0.25, -0.2) is 4.98 Å². The van der Waals surface area contributed by atoms with Crippen LogP contribution in [0.25, 0.3) is 0 Å². The summed E-state index contributed by atoms with van der Waals surface area (Å²) in [7, 11) is 0. The third-order valence-corrected chi connectivity index (χ3v) is 4.79. The van der Waals surface area contributed by atoms with Gasteiger partial charge in [0.2, 0.25) is 0 Å². The fourth-order valence-corrected chi connectivity index (χ4v) is 3.49. The van der Waals surface area contributed by atoms with Crippen molar-refractivity contribution >= 4 is 23.3 Å². The van der Waals surface area contributed by atoms with Crippen LogP contribution in [0, 0.1) is 12.8 Å². The number of hydrogen-bond acceptors (Lipinski definition) is 5. The molecule has 1 saturated heterocycles. The number of aryl methyl sites for hydroxylation is 1. The van der Waals surface area contributed by atoms with Gasteiger partial charge in [0.15, 0.2) is 5.96 Å². The highest BCUT2D eigenvalue weighted by Crippen LogP contribution is 2.18. The molecule has 0 spiro atoms. The van der Waals surface area contributed by atoms with E-state index in [1.165, 1.54) is 0 Å². The zero-order valence-corrected chi connectivity index (χ0v) is 15.7. The van der Waals surface area contributed by atoms with Crippen molar-refractivity contribution in [1.29, 1.82) is 0 Å². The number of likely N-dealkylation sites (tertiary alicyclic amines) is 1. The molecule has 0 radical (unpaired) electrons. The molecule has 0 bridgehead atoms. The van der Waals surface area contributed by atoms with Crippen molar-refractivity contribution < 1.29 is 9.53 Å². The van der Waals surface area contributed by atoms with Gasteiger partial charge in [0.1, 0.15) is 0 Å². The monoisotopic (exact) mass is 352 g/mol. The van der Waals surface area contributed by atoms with Crippen molar-refractivity contribution in [2.75, 3.05) is 32.8 Å². The zero-order valence-electron chi connectivity index (χ0n) is 14.9. The predicted octanol–water partition coefficient (Wildman–Crippen LogP) is 2.23. The lowest BCUT2D eigenvalue weighted by atomic mass is 9.98. The maximum atomic E-state index is 12.0. The van der Waals surface area contributed by atoms with Crippen molar-refractivity contribution in [3.63, 3.8) is 0 Å². The van der Waals surface area contributed by atoms with E-state index in [0.29, 0.717) is 19.7 Å². The van der Waals surface area contributed by atoms with Gasteiger partial charge in [-0.2, -0.15) is 0 Å². The maximum Gasteiger partial charge on any atom is 0.310 e. The van der Waals surface area contributed by atoms with Gasteiger partial charge in [0, 0.05) is 38.0 Å². The fraction of sp³-hybridized carbons (Fsp3) is 0.706. The molecular weight excluding hydrogens is 324 g/mol. The van der Waals surface area contributed by atoms with Gasteiger partial charge in [0.25, 0.3) is 0 Å². The van der Waals surface area contributed by atoms with E-state index in [-0.39, 0.29) is 11.9 Å². The summed E-state index contributed by atoms with van der Waals surface area (Å²) in [5.74, 6) is 0.748. The van der Waals surface area contributed by atoms with E-state index in [0.717, 1.165) is 49.0 Å². The quantitative estimate of drug-likeness (QED) is 0.483. The van der Waals surface area contributed by atoms with E-state index in [2.05, 4.69) is 27.5 Å². The van der Waals surface area contributed by atoms with Crippen LogP contribution in [-0.4, -0.2) is 54.6 Å². The van der Waals surface area contributed by atoms with Gasteiger partial charge >= 0.3 is 5.97 Å². The van der Waals surface area contributed by atoms with Crippen LogP contribution in [0.3, 0.4) is 0 Å². The standard InChI is InChI=1S/C17H28N4O2S/c1-4-18-17(19-9-8-15-12-24-13(3)20-15)21-10-6-7-14(11-21)16(22)23-5-2/h12,14H,4-11H2,1-3H3,(H,18,19). The minimum atomic E-state index is -0.0870. The highest BCUT2D eigenvalue weighted by atomic mass is 32.1. The number of carbonyl (C=O) groups is 1. The minimum absolute atomic E-state index is 0.0521. The van der Waals surface area contributed by atoms with Crippen LogP contribution in [0.1, 0.15) is 37.4 Å². The van der Waals surface area contributed by atoms with Crippen LogP contribution < -0.4 is 5.32 Å². The Kier molecular flexibility index (Phi) is 7.49. The van der Waals surface area contributed by atoms with Crippen LogP contribution >= 0.6 is 11.3 Å². The lowest BCUT2D eigenvalue weighted by Gasteiger charge is -2.34. The number of aliphatic imine (C=N–C) groups is 1. The Labute approximate surface area is 148 Å². The molecule has 1 N–H and O–H groups in total. The number of hydrogen-bond donors (Lipinski definition) is 1. The van der Waals surface area contributed by atoms with Gasteiger partial charge < -0.3 is 15.0 Å². The number of aromatic nitrogens is 1. The maximum absolute atomic E-state index is 12.0. The first-order chi connectivity index (χ1) is 11.6. The molecule has 6 nitrogen and oxygen atoms in total. The molecule has 24 heavy (non-hydrogen) atoms. The summed E-state index contributed by atoms with van der Waals surface area (Å²) in [5.41, 5.74) is 1.10. The first kappa shape index (κ1) is 18.7. The van der Waals surface area contributed by atoms with E-state index in [9.17, 15) is 4.79 Å². The molecule has 2 heterocycles. The molecule has 1 aromatic rings. The van der Waals surface area contributed by atoms with Crippen LogP contribution in [0.4, 0.5) is 0 Å². The van der Waals surface area contributed by atoms with Gasteiger partial charge in [-0.1, -0.05) is 0 Å². The van der Waals surface area contributed by atoms with Crippen molar-refractivity contribution in [2.24, 2.45) is 10.9 Å². The first-order valence-electron chi connectivity index (χ1n) is 8.75. The Hall–Kier alpha value is -1.63. The second-order valence-corrected chi connectivity index (χ2v) is 6.94. The summed E-state index contributed by atoms with van der Waals surface area (Å²) < 4.78 is 5.18. The average Bonchev–Trinajstić information content (AvgIpc) is 3.00. The second-order valence-electron chi connectivity index (χ2n) is 5.88. The minimum Gasteiger partial charge on any atom is -0.466 e. The Morgan fingerprint density at radius 1 is 1.54 bits per heavy atom. The summed E-state index contributed by atoms with van der Waals surface area (Å²) in [4.78, 5) is 23.4. The summed E-state index contributed by atoms with van der Waals surface area (Å²) in [6.45, 7) is 9.50. The molecule has 1 unspecified atom stereocenters. The van der Waals surface area contributed by atoms with E-state index in [4.69, 9.17) is 9.73 Å². The molecule has 1 fully saturated rings. The van der Waals surface area contributed by atoms with Gasteiger partial charge in [-0.05, 0) is 33.6 Å². The number of nitrogens with zero attached hydrogens (tertiary/aromatic N) is 3. The molecule has 1 aliphatic rings. The number of carbonyl (C=O) groups excluding carboxylic acids is 1. The van der Waals surface area contributed by atoms with Crippen LogP contribution in [0.15, 0.2) is 10.4 Å². The number of guanidine groups is 1. The van der Waals surface area contributed by atoms with E-state index in [1.807, 2.05) is 13.8 Å². The third kappa shape index (κ3) is 5.47. The summed E-state index contributed by atoms with van der Waals surface area (Å²) in [5, 5.41) is 6.53. The van der Waals surface area contributed by atoms with Crippen LogP contribution in [0.2, 0.25) is 0 Å². The van der Waals surface area contributed by atoms with Crippen molar-refractivity contribution in [3.05, 3.63) is 16.1 Å². The largest absolute Gasteiger partial charge is 0.466 e. The second kappa shape index (κ2) is 9.61. The number of nitrogens with one attached hydrogen (secondary N) is 1. The van der Waals surface area contributed by atoms with Crippen molar-refractivity contribution in [1.82, 2.24) is 15.2 Å². The molecule has 7 heteroatoms. The number of rotatable bonds is 6. The number of piperidine rings is 1. The molecule has 2 rings (SSSR count). The van der Waals surface area contributed by atoms with Gasteiger partial charge in [0.05, 0.1) is 23.2 Å². The Bertz CT molecular complexity index is 559. The SMILES string of the molecule is CCNC(=NCCc1csc(C)n1)N1CCCC(C(=O)OCC)C1. The van der Waals surface area contributed by atoms with Crippen molar-refractivity contribution in [2.45, 2.75) is 40.0 Å². The summed E-state index contributed by atoms with van der Waals surface area (Å²) in [6.07, 6.45) is 2.72. The molecule has 0 aromatic carbocycles. The zero-order chi connectivity index (χ0) is 17.4. The van der Waals surface area contributed by atoms with Crippen molar-refractivity contribution in [3.8, 4) is 0 Å². The molecule has 1 atom stereocenters. The number of thiazole rings is 1. The molecule has 134 valence electrons. The van der Waals surface area contributed by atoms with E-state index in [1.54, 1.807) is 11.3 Å². The molecule has 0 saturated carbocycles. The Balaban J connectivity index is 1.94. The Morgan fingerprint density at radius 2 is 2.38 bits per heavy atom. The molecule has 0 aliphatic carbocycles. The fourth-order valence-electron chi connectivity index (χ4n) is 2.85. The summed E-state index contributed by atoms with van der Waals surface area (Å²) in [6, 6.07) is 0. The lowest BCUT2D eigenvalue weighted by Crippen LogP contribution is -2.48. The lowest BCUT2D eigenvalue weighted by molar-refractivity contribution is -0.149. The van der Waals surface area contributed by atoms with E-state index >= 15 is 0 Å². The van der Waals surface area contributed by atoms with E-state index < -0.39 is 0 Å². The average molecular weight is 353 g/mol.